The number of benzene rings is 2. The number of para-hydroxylation sites is 1. The molecule has 0 aliphatic carbocycles. The van der Waals surface area contributed by atoms with Crippen molar-refractivity contribution in [2.45, 2.75) is 29.9 Å². The minimum atomic E-state index is -0.487. The summed E-state index contributed by atoms with van der Waals surface area (Å²) in [7, 11) is 0. The number of fused-ring (bicyclic) bond motifs is 1. The number of nitrogens with one attached hydrogen (secondary N) is 2. The molecule has 28 heavy (non-hydrogen) atoms. The first-order chi connectivity index (χ1) is 13.6. The second kappa shape index (κ2) is 7.90. The van der Waals surface area contributed by atoms with Crippen LogP contribution in [-0.2, 0) is 16.0 Å². The summed E-state index contributed by atoms with van der Waals surface area (Å²) < 4.78 is 5.23. The quantitative estimate of drug-likeness (QED) is 0.673. The Morgan fingerprint density at radius 2 is 2.00 bits per heavy atom. The summed E-state index contributed by atoms with van der Waals surface area (Å²) in [5.74, 6) is -0.203. The molecule has 2 amide bonds. The number of amides is 2. The van der Waals surface area contributed by atoms with E-state index in [2.05, 4.69) is 22.7 Å². The largest absolute Gasteiger partial charge is 0.338 e. The zero-order chi connectivity index (χ0) is 19.5. The van der Waals surface area contributed by atoms with E-state index >= 15 is 0 Å². The smallest absolute Gasteiger partial charge is 0.238 e. The molecule has 0 radical (unpaired) electrons. The Hall–Kier alpha value is -3.06. The molecular formula is C21H19N3O3S. The highest BCUT2D eigenvalue weighted by Crippen LogP contribution is 2.36. The standard InChI is InChI=1S/C21H19N3O3S/c1-2-13-7-9-14(10-8-13)16-11-20(27-24-16)23-19(25)12-18-21(26)22-15-5-3-4-6-17(15)28-18/h3-11,18H,2,12H2,1H3,(H,22,26)(H,23,25). The van der Waals surface area contributed by atoms with Crippen LogP contribution in [0.25, 0.3) is 11.3 Å². The summed E-state index contributed by atoms with van der Waals surface area (Å²) in [6.07, 6.45) is 1.02. The van der Waals surface area contributed by atoms with Crippen LogP contribution in [0.2, 0.25) is 0 Å². The molecule has 3 aromatic rings. The first-order valence-corrected chi connectivity index (χ1v) is 9.93. The first-order valence-electron chi connectivity index (χ1n) is 9.05. The van der Waals surface area contributed by atoms with Crippen molar-refractivity contribution in [1.82, 2.24) is 5.16 Å². The molecule has 1 aliphatic rings. The normalized spacial score (nSPS) is 15.6. The maximum atomic E-state index is 12.4. The highest BCUT2D eigenvalue weighted by Gasteiger charge is 2.29. The molecule has 1 unspecified atom stereocenters. The molecule has 2 N–H and O–H groups in total. The van der Waals surface area contributed by atoms with Gasteiger partial charge in [0.05, 0.1) is 10.9 Å². The molecule has 2 aromatic carbocycles. The summed E-state index contributed by atoms with van der Waals surface area (Å²) in [6.45, 7) is 2.10. The molecule has 4 rings (SSSR count). The monoisotopic (exact) mass is 393 g/mol. The Balaban J connectivity index is 1.39. The molecule has 1 aromatic heterocycles. The third-order valence-corrected chi connectivity index (χ3v) is 5.78. The van der Waals surface area contributed by atoms with Gasteiger partial charge in [0.25, 0.3) is 0 Å². The summed E-state index contributed by atoms with van der Waals surface area (Å²) in [6, 6.07) is 17.3. The van der Waals surface area contributed by atoms with Gasteiger partial charge in [-0.15, -0.1) is 11.8 Å². The van der Waals surface area contributed by atoms with Crippen molar-refractivity contribution >= 4 is 35.1 Å². The Kier molecular flexibility index (Phi) is 5.16. The summed E-state index contributed by atoms with van der Waals surface area (Å²) in [4.78, 5) is 25.6. The minimum Gasteiger partial charge on any atom is -0.338 e. The Morgan fingerprint density at radius 3 is 2.79 bits per heavy atom. The number of carbonyl (C=O) groups excluding carboxylic acids is 2. The highest BCUT2D eigenvalue weighted by molar-refractivity contribution is 8.01. The second-order valence-corrected chi connectivity index (χ2v) is 7.72. The molecule has 1 aliphatic heterocycles. The summed E-state index contributed by atoms with van der Waals surface area (Å²) >= 11 is 1.39. The van der Waals surface area contributed by atoms with E-state index in [0.29, 0.717) is 5.69 Å². The fourth-order valence-electron chi connectivity index (χ4n) is 2.97. The molecule has 0 saturated heterocycles. The van der Waals surface area contributed by atoms with Crippen molar-refractivity contribution < 1.29 is 14.1 Å². The van der Waals surface area contributed by atoms with Crippen molar-refractivity contribution in [3.63, 3.8) is 0 Å². The van der Waals surface area contributed by atoms with Crippen LogP contribution in [0.5, 0.6) is 0 Å². The van der Waals surface area contributed by atoms with Gasteiger partial charge in [-0.05, 0) is 24.1 Å². The molecule has 0 fully saturated rings. The number of nitrogens with zero attached hydrogens (tertiary/aromatic N) is 1. The van der Waals surface area contributed by atoms with Crippen molar-refractivity contribution in [1.29, 1.82) is 0 Å². The maximum Gasteiger partial charge on any atom is 0.238 e. The van der Waals surface area contributed by atoms with Crippen molar-refractivity contribution in [2.24, 2.45) is 0 Å². The van der Waals surface area contributed by atoms with Crippen LogP contribution in [0, 0.1) is 0 Å². The highest BCUT2D eigenvalue weighted by atomic mass is 32.2. The van der Waals surface area contributed by atoms with E-state index in [1.807, 2.05) is 48.5 Å². The maximum absolute atomic E-state index is 12.4. The van der Waals surface area contributed by atoms with Crippen LogP contribution < -0.4 is 10.6 Å². The average molecular weight is 393 g/mol. The van der Waals surface area contributed by atoms with Gasteiger partial charge >= 0.3 is 0 Å². The van der Waals surface area contributed by atoms with Gasteiger partial charge < -0.3 is 9.84 Å². The summed E-state index contributed by atoms with van der Waals surface area (Å²) in [5.41, 5.74) is 3.59. The predicted octanol–water partition coefficient (Wildman–Crippen LogP) is 4.35. The van der Waals surface area contributed by atoms with Crippen LogP contribution in [0.1, 0.15) is 18.9 Å². The number of anilines is 2. The van der Waals surface area contributed by atoms with Crippen molar-refractivity contribution in [3.05, 3.63) is 60.2 Å². The fraction of sp³-hybridized carbons (Fsp3) is 0.190. The van der Waals surface area contributed by atoms with E-state index in [1.165, 1.54) is 17.3 Å². The van der Waals surface area contributed by atoms with E-state index in [1.54, 1.807) is 6.07 Å². The lowest BCUT2D eigenvalue weighted by Crippen LogP contribution is -2.32. The number of aryl methyl sites for hydroxylation is 1. The van der Waals surface area contributed by atoms with Crippen LogP contribution in [0.15, 0.2) is 64.0 Å². The number of rotatable bonds is 5. The molecule has 7 heteroatoms. The Morgan fingerprint density at radius 1 is 1.21 bits per heavy atom. The van der Waals surface area contributed by atoms with E-state index in [0.717, 1.165) is 22.6 Å². The molecule has 1 atom stereocenters. The van der Waals surface area contributed by atoms with E-state index in [9.17, 15) is 9.59 Å². The number of aromatic nitrogens is 1. The molecular weight excluding hydrogens is 374 g/mol. The molecule has 0 saturated carbocycles. The second-order valence-electron chi connectivity index (χ2n) is 6.47. The topological polar surface area (TPSA) is 84.2 Å². The summed E-state index contributed by atoms with van der Waals surface area (Å²) in [5, 5.41) is 9.05. The number of hydrogen-bond acceptors (Lipinski definition) is 5. The van der Waals surface area contributed by atoms with Gasteiger partial charge in [-0.25, -0.2) is 0 Å². The molecule has 0 spiro atoms. The molecule has 142 valence electrons. The lowest BCUT2D eigenvalue weighted by Gasteiger charge is -2.23. The van der Waals surface area contributed by atoms with Crippen LogP contribution in [-0.4, -0.2) is 22.2 Å². The first kappa shape index (κ1) is 18.3. The number of thioether (sulfide) groups is 1. The predicted molar refractivity (Wildman–Crippen MR) is 109 cm³/mol. The number of hydrogen-bond donors (Lipinski definition) is 2. The van der Waals surface area contributed by atoms with Gasteiger partial charge in [-0.2, -0.15) is 0 Å². The molecule has 2 heterocycles. The van der Waals surface area contributed by atoms with Gasteiger partial charge in [0.1, 0.15) is 5.69 Å². The van der Waals surface area contributed by atoms with E-state index < -0.39 is 5.25 Å². The van der Waals surface area contributed by atoms with Crippen LogP contribution in [0.3, 0.4) is 0 Å². The van der Waals surface area contributed by atoms with E-state index in [4.69, 9.17) is 4.52 Å². The Bertz CT molecular complexity index is 1010. The Labute approximate surface area is 166 Å². The van der Waals surface area contributed by atoms with Gasteiger partial charge in [-0.3, -0.25) is 14.9 Å². The molecule has 6 nitrogen and oxygen atoms in total. The lowest BCUT2D eigenvalue weighted by molar-refractivity contribution is -0.120. The third-order valence-electron chi connectivity index (χ3n) is 4.51. The van der Waals surface area contributed by atoms with Gasteiger partial charge in [0, 0.05) is 22.9 Å². The van der Waals surface area contributed by atoms with E-state index in [-0.39, 0.29) is 24.1 Å². The third kappa shape index (κ3) is 3.94. The van der Waals surface area contributed by atoms with Crippen molar-refractivity contribution in [2.75, 3.05) is 10.6 Å². The average Bonchev–Trinajstić information content (AvgIpc) is 3.17. The van der Waals surface area contributed by atoms with Crippen molar-refractivity contribution in [3.8, 4) is 11.3 Å². The van der Waals surface area contributed by atoms with Gasteiger partial charge in [-0.1, -0.05) is 48.5 Å². The fourth-order valence-corrected chi connectivity index (χ4v) is 4.08. The zero-order valence-corrected chi connectivity index (χ0v) is 16.1. The minimum absolute atomic E-state index is 0.0477. The van der Waals surface area contributed by atoms with Gasteiger partial charge in [0.15, 0.2) is 0 Å². The SMILES string of the molecule is CCc1ccc(-c2cc(NC(=O)CC3Sc4ccccc4NC3=O)on2)cc1. The lowest BCUT2D eigenvalue weighted by atomic mass is 10.1. The van der Waals surface area contributed by atoms with Gasteiger partial charge in [0.2, 0.25) is 17.7 Å². The van der Waals surface area contributed by atoms with Crippen LogP contribution in [0.4, 0.5) is 11.6 Å². The van der Waals surface area contributed by atoms with Crippen LogP contribution >= 0.6 is 11.8 Å². The number of carbonyl (C=O) groups is 2. The molecule has 0 bridgehead atoms. The zero-order valence-electron chi connectivity index (χ0n) is 15.3.